The summed E-state index contributed by atoms with van der Waals surface area (Å²) in [7, 11) is 1.79. The van der Waals surface area contributed by atoms with Crippen molar-refractivity contribution in [3.63, 3.8) is 0 Å². The van der Waals surface area contributed by atoms with Crippen LogP contribution in [0.4, 0.5) is 5.69 Å². The van der Waals surface area contributed by atoms with E-state index in [0.29, 0.717) is 29.8 Å². The highest BCUT2D eigenvalue weighted by Gasteiger charge is 2.39. The third kappa shape index (κ3) is 7.26. The molecular formula is C33H38N4O5S. The Hall–Kier alpha value is -3.73. The van der Waals surface area contributed by atoms with Gasteiger partial charge in [0.05, 0.1) is 30.6 Å². The lowest BCUT2D eigenvalue weighted by molar-refractivity contribution is -0.134. The van der Waals surface area contributed by atoms with Crippen molar-refractivity contribution in [2.24, 2.45) is 0 Å². The molecule has 3 aliphatic rings. The molecule has 2 fully saturated rings. The van der Waals surface area contributed by atoms with Crippen LogP contribution in [0.2, 0.25) is 0 Å². The Morgan fingerprint density at radius 3 is 2.70 bits per heavy atom. The van der Waals surface area contributed by atoms with Crippen LogP contribution in [-0.2, 0) is 27.3 Å². The first-order valence-corrected chi connectivity index (χ1v) is 15.9. The Kier molecular flexibility index (Phi) is 9.06. The summed E-state index contributed by atoms with van der Waals surface area (Å²) >= 11 is 1.53. The van der Waals surface area contributed by atoms with Crippen molar-refractivity contribution in [3.05, 3.63) is 82.0 Å². The van der Waals surface area contributed by atoms with E-state index in [-0.39, 0.29) is 55.0 Å². The summed E-state index contributed by atoms with van der Waals surface area (Å²) < 4.78 is 12.5. The lowest BCUT2D eigenvalue weighted by Gasteiger charge is -2.42. The van der Waals surface area contributed by atoms with Crippen molar-refractivity contribution in [1.29, 1.82) is 0 Å². The number of thiophene rings is 1. The first kappa shape index (κ1) is 29.3. The molecule has 6 rings (SSSR count). The fourth-order valence-corrected chi connectivity index (χ4v) is 7.01. The molecule has 0 bridgehead atoms. The second-order valence-electron chi connectivity index (χ2n) is 11.7. The fourth-order valence-electron chi connectivity index (χ4n) is 6.31. The molecule has 0 aliphatic carbocycles. The molecule has 0 radical (unpaired) electrons. The van der Waals surface area contributed by atoms with Gasteiger partial charge in [-0.2, -0.15) is 0 Å². The minimum absolute atomic E-state index is 0.00482. The second kappa shape index (κ2) is 13.3. The van der Waals surface area contributed by atoms with Crippen LogP contribution in [0.3, 0.4) is 0 Å². The maximum absolute atomic E-state index is 13.5. The third-order valence-corrected chi connectivity index (χ3v) is 9.39. The van der Waals surface area contributed by atoms with Crippen LogP contribution in [0.15, 0.2) is 66.0 Å². The molecule has 0 unspecified atom stereocenters. The first-order chi connectivity index (χ1) is 20.9. The maximum atomic E-state index is 13.5. The van der Waals surface area contributed by atoms with Gasteiger partial charge in [-0.05, 0) is 54.5 Å². The monoisotopic (exact) mass is 602 g/mol. The molecule has 1 aromatic heterocycles. The van der Waals surface area contributed by atoms with Crippen LogP contribution in [0.25, 0.3) is 0 Å². The molecule has 2 aromatic carbocycles. The molecule has 4 heterocycles. The van der Waals surface area contributed by atoms with E-state index in [4.69, 9.17) is 9.47 Å². The molecule has 2 saturated heterocycles. The summed E-state index contributed by atoms with van der Waals surface area (Å²) in [6.07, 6.45) is 2.35. The van der Waals surface area contributed by atoms with Crippen molar-refractivity contribution in [1.82, 2.24) is 15.1 Å². The number of hydrogen-bond acceptors (Lipinski definition) is 7. The largest absolute Gasteiger partial charge is 0.490 e. The normalized spacial score (nSPS) is 23.8. The van der Waals surface area contributed by atoms with Gasteiger partial charge in [0.25, 0.3) is 5.91 Å². The number of anilines is 1. The highest BCUT2D eigenvalue weighted by Crippen LogP contribution is 2.32. The Morgan fingerprint density at radius 2 is 1.88 bits per heavy atom. The van der Waals surface area contributed by atoms with Gasteiger partial charge in [-0.3, -0.25) is 19.3 Å². The number of amides is 3. The zero-order valence-corrected chi connectivity index (χ0v) is 25.2. The van der Waals surface area contributed by atoms with Crippen molar-refractivity contribution >= 4 is 34.7 Å². The molecule has 9 nitrogen and oxygen atoms in total. The summed E-state index contributed by atoms with van der Waals surface area (Å²) in [4.78, 5) is 44.1. The Balaban J connectivity index is 1.02. The van der Waals surface area contributed by atoms with Crippen molar-refractivity contribution in [3.8, 4) is 5.75 Å². The van der Waals surface area contributed by atoms with Crippen LogP contribution < -0.4 is 15.4 Å². The summed E-state index contributed by atoms with van der Waals surface area (Å²) in [5.41, 5.74) is 2.25. The number of ether oxygens (including phenoxy) is 2. The number of carbonyl (C=O) groups excluding carboxylic acids is 3. The Labute approximate surface area is 256 Å². The van der Waals surface area contributed by atoms with Crippen molar-refractivity contribution < 1.29 is 23.9 Å². The van der Waals surface area contributed by atoms with Gasteiger partial charge in [0, 0.05) is 43.3 Å². The van der Waals surface area contributed by atoms with Crippen molar-refractivity contribution in [2.45, 2.75) is 62.9 Å². The maximum Gasteiger partial charge on any atom is 0.257 e. The molecule has 3 aromatic rings. The van der Waals surface area contributed by atoms with E-state index in [0.717, 1.165) is 37.4 Å². The van der Waals surface area contributed by atoms with E-state index in [9.17, 15) is 14.4 Å². The number of rotatable bonds is 8. The predicted octanol–water partition coefficient (Wildman–Crippen LogP) is 4.09. The van der Waals surface area contributed by atoms with Gasteiger partial charge in [0.1, 0.15) is 18.5 Å². The summed E-state index contributed by atoms with van der Waals surface area (Å²) in [5, 5.41) is 8.05. The minimum Gasteiger partial charge on any atom is -0.490 e. The number of nitrogens with one attached hydrogen (secondary N) is 2. The fraction of sp³-hybridized carbons (Fsp3) is 0.424. The summed E-state index contributed by atoms with van der Waals surface area (Å²) in [6, 6.07) is 19.4. The van der Waals surface area contributed by atoms with Gasteiger partial charge in [-0.1, -0.05) is 36.4 Å². The molecule has 0 spiro atoms. The van der Waals surface area contributed by atoms with Crippen LogP contribution in [0, 0.1) is 0 Å². The molecule has 3 aliphatic heterocycles. The van der Waals surface area contributed by atoms with E-state index in [1.165, 1.54) is 16.9 Å². The Bertz CT molecular complexity index is 1430. The smallest absolute Gasteiger partial charge is 0.257 e. The number of likely N-dealkylation sites (tertiary alicyclic amines) is 1. The molecular weight excluding hydrogens is 564 g/mol. The highest BCUT2D eigenvalue weighted by atomic mass is 32.1. The second-order valence-corrected chi connectivity index (χ2v) is 12.7. The number of nitrogens with zero attached hydrogens (tertiary/aromatic N) is 2. The predicted molar refractivity (Wildman–Crippen MR) is 165 cm³/mol. The van der Waals surface area contributed by atoms with Crippen LogP contribution in [-0.4, -0.2) is 78.6 Å². The quantitative estimate of drug-likeness (QED) is 0.403. The number of fused-ring (bicyclic) bond motifs is 2. The molecule has 2 N–H and O–H groups in total. The van der Waals surface area contributed by atoms with Gasteiger partial charge in [0.2, 0.25) is 11.8 Å². The lowest BCUT2D eigenvalue weighted by atomic mass is 9.94. The standard InChI is InChI=1S/C33H38N4O5S/c1-36-28-11-10-25(17-31(38)35-24-13-14-37(20-24)19-22-6-3-2-4-7-22)42-30(28)21-41-29-12-9-23(16-27(29)33(36)40)34-32(39)18-26-8-5-15-43-26/h2-9,12,15-16,24-25,28,30H,10-11,13-14,17-21H2,1H3,(H,34,39)(H,35,38)/t24-,25-,28+,30+/m0/s1. The average Bonchev–Trinajstić information content (AvgIpc) is 3.67. The van der Waals surface area contributed by atoms with E-state index >= 15 is 0 Å². The number of hydrogen-bond donors (Lipinski definition) is 2. The van der Waals surface area contributed by atoms with Gasteiger partial charge >= 0.3 is 0 Å². The molecule has 226 valence electrons. The SMILES string of the molecule is CN1C(=O)c2cc(NC(=O)Cc3cccs3)ccc2OC[C@H]2O[C@H](CC(=O)N[C@H]3CCN(Cc4ccccc4)C3)CC[C@H]21. The van der Waals surface area contributed by atoms with Crippen LogP contribution in [0.1, 0.15) is 46.5 Å². The molecule has 3 amide bonds. The number of benzene rings is 2. The topological polar surface area (TPSA) is 100 Å². The zero-order chi connectivity index (χ0) is 29.8. The summed E-state index contributed by atoms with van der Waals surface area (Å²) in [6.45, 7) is 2.97. The number of carbonyl (C=O) groups is 3. The van der Waals surface area contributed by atoms with E-state index in [2.05, 4.69) is 39.8 Å². The molecule has 0 saturated carbocycles. The molecule has 10 heteroatoms. The Morgan fingerprint density at radius 1 is 1.02 bits per heavy atom. The van der Waals surface area contributed by atoms with E-state index in [1.807, 2.05) is 23.6 Å². The van der Waals surface area contributed by atoms with Gasteiger partial charge in [-0.15, -0.1) is 11.3 Å². The van der Waals surface area contributed by atoms with Gasteiger partial charge in [-0.25, -0.2) is 0 Å². The molecule has 4 atom stereocenters. The average molecular weight is 603 g/mol. The highest BCUT2D eigenvalue weighted by molar-refractivity contribution is 7.10. The summed E-state index contributed by atoms with van der Waals surface area (Å²) in [5.74, 6) is 0.143. The first-order valence-electron chi connectivity index (χ1n) is 15.0. The van der Waals surface area contributed by atoms with Gasteiger partial charge < -0.3 is 25.0 Å². The lowest BCUT2D eigenvalue weighted by Crippen LogP contribution is -2.54. The molecule has 43 heavy (non-hydrogen) atoms. The van der Waals surface area contributed by atoms with Crippen LogP contribution in [0.5, 0.6) is 5.75 Å². The minimum atomic E-state index is -0.341. The van der Waals surface area contributed by atoms with E-state index in [1.54, 1.807) is 30.1 Å². The van der Waals surface area contributed by atoms with E-state index < -0.39 is 0 Å². The number of likely N-dealkylation sites (N-methyl/N-ethyl adjacent to an activating group) is 1. The third-order valence-electron chi connectivity index (χ3n) is 8.51. The zero-order valence-electron chi connectivity index (χ0n) is 24.4. The van der Waals surface area contributed by atoms with Crippen LogP contribution >= 0.6 is 11.3 Å². The van der Waals surface area contributed by atoms with Crippen molar-refractivity contribution in [2.75, 3.05) is 32.1 Å². The van der Waals surface area contributed by atoms with Gasteiger partial charge in [0.15, 0.2) is 0 Å².